The van der Waals surface area contributed by atoms with E-state index in [1.807, 2.05) is 18.2 Å². The minimum Gasteiger partial charge on any atom is -0.469 e. The predicted molar refractivity (Wildman–Crippen MR) is 141 cm³/mol. The third-order valence-electron chi connectivity index (χ3n) is 4.99. The number of anilines is 1. The van der Waals surface area contributed by atoms with E-state index in [9.17, 15) is 9.59 Å². The van der Waals surface area contributed by atoms with E-state index in [1.165, 1.54) is 33.7 Å². The van der Waals surface area contributed by atoms with E-state index in [1.54, 1.807) is 30.1 Å². The minimum atomic E-state index is -0.240. The largest absolute Gasteiger partial charge is 0.469 e. The number of thiocarbonyl (C=S) groups is 1. The Morgan fingerprint density at radius 3 is 2.80 bits per heavy atom. The number of thioether (sulfide) groups is 2. The second-order valence-corrected chi connectivity index (χ2v) is 11.1. The number of nitrogens with one attached hydrogen (secondary N) is 1. The average molecular weight is 543 g/mol. The molecule has 0 aliphatic carbocycles. The van der Waals surface area contributed by atoms with Crippen molar-refractivity contribution in [3.05, 3.63) is 65.1 Å². The maximum atomic E-state index is 12.7. The molecule has 1 aliphatic heterocycles. The SMILES string of the molecule is Cc1occc1-c1nnc(SCC(=O)Nc2ncc(Cc3ccccc3)s2)n1N1C(=O)CSC1=S. The number of nitrogens with zero attached hydrogens (tertiary/aromatic N) is 5. The molecule has 0 atom stereocenters. The molecule has 1 fully saturated rings. The molecule has 9 nitrogen and oxygen atoms in total. The highest BCUT2D eigenvalue weighted by atomic mass is 32.2. The van der Waals surface area contributed by atoms with E-state index >= 15 is 0 Å². The molecule has 1 saturated heterocycles. The van der Waals surface area contributed by atoms with E-state index < -0.39 is 0 Å². The van der Waals surface area contributed by atoms with E-state index in [0.29, 0.717) is 31.8 Å². The van der Waals surface area contributed by atoms with Crippen LogP contribution < -0.4 is 10.3 Å². The molecule has 13 heteroatoms. The molecule has 0 spiro atoms. The molecular formula is C22H18N6O3S4. The molecular weight excluding hydrogens is 525 g/mol. The lowest BCUT2D eigenvalue weighted by molar-refractivity contribution is -0.116. The van der Waals surface area contributed by atoms with Crippen LogP contribution in [0.1, 0.15) is 16.2 Å². The molecule has 0 bridgehead atoms. The third-order valence-corrected chi connectivity index (χ3v) is 8.16. The number of thiazole rings is 1. The first-order valence-corrected chi connectivity index (χ1v) is 13.6. The summed E-state index contributed by atoms with van der Waals surface area (Å²) in [6.07, 6.45) is 4.07. The standard InChI is InChI=1S/C22H18N6O3S4/c1-13-16(7-8-31-13)19-25-26-21(28(19)27-18(30)12-34-22(27)32)33-11-17(29)24-20-23-10-15(35-20)9-14-5-3-2-4-6-14/h2-8,10H,9,11-12H2,1H3,(H,23,24,29). The Morgan fingerprint density at radius 1 is 1.26 bits per heavy atom. The highest BCUT2D eigenvalue weighted by Crippen LogP contribution is 2.31. The van der Waals surface area contributed by atoms with Crippen molar-refractivity contribution < 1.29 is 14.0 Å². The summed E-state index contributed by atoms with van der Waals surface area (Å²) in [5.41, 5.74) is 1.87. The van der Waals surface area contributed by atoms with Gasteiger partial charge in [0.1, 0.15) is 5.76 Å². The molecule has 1 aromatic carbocycles. The summed E-state index contributed by atoms with van der Waals surface area (Å²) in [4.78, 5) is 30.6. The summed E-state index contributed by atoms with van der Waals surface area (Å²) in [6, 6.07) is 11.8. The zero-order chi connectivity index (χ0) is 24.4. The summed E-state index contributed by atoms with van der Waals surface area (Å²) in [7, 11) is 0. The predicted octanol–water partition coefficient (Wildman–Crippen LogP) is 4.12. The first-order chi connectivity index (χ1) is 17.0. The zero-order valence-corrected chi connectivity index (χ0v) is 21.6. The monoisotopic (exact) mass is 542 g/mol. The smallest absolute Gasteiger partial charge is 0.257 e. The lowest BCUT2D eigenvalue weighted by Gasteiger charge is -2.19. The van der Waals surface area contributed by atoms with Crippen molar-refractivity contribution in [2.24, 2.45) is 0 Å². The normalized spacial score (nSPS) is 13.6. The molecule has 0 radical (unpaired) electrons. The van der Waals surface area contributed by atoms with Crippen molar-refractivity contribution in [3.63, 3.8) is 0 Å². The Kier molecular flexibility index (Phi) is 7.00. The van der Waals surface area contributed by atoms with Gasteiger partial charge >= 0.3 is 0 Å². The van der Waals surface area contributed by atoms with Crippen molar-refractivity contribution in [2.75, 3.05) is 21.8 Å². The summed E-state index contributed by atoms with van der Waals surface area (Å²) in [5.74, 6) is 0.924. The van der Waals surface area contributed by atoms with Gasteiger partial charge in [0.05, 0.1) is 23.3 Å². The molecule has 4 heterocycles. The Hall–Kier alpha value is -3.00. The van der Waals surface area contributed by atoms with Crippen LogP contribution in [0.5, 0.6) is 0 Å². The van der Waals surface area contributed by atoms with E-state index in [0.717, 1.165) is 23.1 Å². The minimum absolute atomic E-state index is 0.0536. The fourth-order valence-corrected chi connectivity index (χ4v) is 6.01. The van der Waals surface area contributed by atoms with Crippen molar-refractivity contribution in [3.8, 4) is 11.4 Å². The van der Waals surface area contributed by atoms with Crippen LogP contribution in [0, 0.1) is 6.92 Å². The number of rotatable bonds is 8. The number of benzene rings is 1. The van der Waals surface area contributed by atoms with Gasteiger partial charge < -0.3 is 9.73 Å². The van der Waals surface area contributed by atoms with Crippen LogP contribution in [-0.2, 0) is 16.0 Å². The van der Waals surface area contributed by atoms with Crippen LogP contribution in [0.4, 0.5) is 5.13 Å². The van der Waals surface area contributed by atoms with Crippen molar-refractivity contribution in [1.29, 1.82) is 0 Å². The number of aryl methyl sites for hydroxylation is 1. The summed E-state index contributed by atoms with van der Waals surface area (Å²) >= 11 is 9.26. The van der Waals surface area contributed by atoms with Crippen LogP contribution in [0.25, 0.3) is 11.4 Å². The summed E-state index contributed by atoms with van der Waals surface area (Å²) < 4.78 is 7.36. The number of furan rings is 1. The topological polar surface area (TPSA) is 106 Å². The Bertz CT molecular complexity index is 1380. The molecule has 5 rings (SSSR count). The van der Waals surface area contributed by atoms with Crippen LogP contribution in [0.15, 0.2) is 58.4 Å². The Labute approximate surface area is 218 Å². The fraction of sp³-hybridized carbons (Fsp3) is 0.182. The zero-order valence-electron chi connectivity index (χ0n) is 18.3. The maximum Gasteiger partial charge on any atom is 0.257 e. The summed E-state index contributed by atoms with van der Waals surface area (Å²) in [6.45, 7) is 1.80. The highest BCUT2D eigenvalue weighted by molar-refractivity contribution is 8.24. The first kappa shape index (κ1) is 23.7. The van der Waals surface area contributed by atoms with Gasteiger partial charge in [-0.1, -0.05) is 66.1 Å². The fourth-order valence-electron chi connectivity index (χ4n) is 3.39. The Balaban J connectivity index is 1.30. The van der Waals surface area contributed by atoms with E-state index in [2.05, 4.69) is 32.6 Å². The first-order valence-electron chi connectivity index (χ1n) is 10.4. The third kappa shape index (κ3) is 5.17. The molecule has 0 unspecified atom stereocenters. The molecule has 4 aromatic rings. The van der Waals surface area contributed by atoms with Crippen LogP contribution in [0.3, 0.4) is 0 Å². The van der Waals surface area contributed by atoms with Crippen LogP contribution in [0.2, 0.25) is 0 Å². The van der Waals surface area contributed by atoms with Gasteiger partial charge in [-0.25, -0.2) is 4.98 Å². The van der Waals surface area contributed by atoms with Gasteiger partial charge in [0.15, 0.2) is 15.3 Å². The van der Waals surface area contributed by atoms with Gasteiger partial charge in [-0.15, -0.1) is 21.5 Å². The number of hydrogen-bond acceptors (Lipinski definition) is 10. The number of hydrogen-bond donors (Lipinski definition) is 1. The van der Waals surface area contributed by atoms with Crippen molar-refractivity contribution in [2.45, 2.75) is 18.5 Å². The second-order valence-electron chi connectivity index (χ2n) is 7.40. The second kappa shape index (κ2) is 10.3. The van der Waals surface area contributed by atoms with E-state index in [-0.39, 0.29) is 23.3 Å². The number of carbonyl (C=O) groups is 2. The molecule has 2 amide bonds. The molecule has 3 aromatic heterocycles. The number of carbonyl (C=O) groups excluding carboxylic acids is 2. The van der Waals surface area contributed by atoms with Gasteiger partial charge in [0.25, 0.3) is 5.91 Å². The lowest BCUT2D eigenvalue weighted by atomic mass is 10.1. The van der Waals surface area contributed by atoms with Gasteiger partial charge in [-0.05, 0) is 18.6 Å². The van der Waals surface area contributed by atoms with Gasteiger partial charge in [0.2, 0.25) is 11.1 Å². The molecule has 0 saturated carbocycles. The highest BCUT2D eigenvalue weighted by Gasteiger charge is 2.34. The van der Waals surface area contributed by atoms with E-state index in [4.69, 9.17) is 16.6 Å². The van der Waals surface area contributed by atoms with Crippen LogP contribution >= 0.6 is 47.1 Å². The maximum absolute atomic E-state index is 12.7. The Morgan fingerprint density at radius 2 is 2.09 bits per heavy atom. The number of aromatic nitrogens is 4. The average Bonchev–Trinajstić information content (AvgIpc) is 3.62. The number of amides is 2. The lowest BCUT2D eigenvalue weighted by Crippen LogP contribution is -2.39. The van der Waals surface area contributed by atoms with Crippen LogP contribution in [-0.4, -0.2) is 47.5 Å². The molecule has 1 N–H and O–H groups in total. The van der Waals surface area contributed by atoms with Crippen molar-refractivity contribution >= 4 is 68.3 Å². The quantitative estimate of drug-likeness (QED) is 0.260. The summed E-state index contributed by atoms with van der Waals surface area (Å²) in [5, 5.41) is 13.6. The molecule has 178 valence electrons. The molecule has 1 aliphatic rings. The molecule has 35 heavy (non-hydrogen) atoms. The van der Waals surface area contributed by atoms with Crippen molar-refractivity contribution in [1.82, 2.24) is 19.9 Å². The van der Waals surface area contributed by atoms with Gasteiger partial charge in [0, 0.05) is 17.5 Å². The van der Waals surface area contributed by atoms with Gasteiger partial charge in [-0.3, -0.25) is 9.59 Å². The van der Waals surface area contributed by atoms with Gasteiger partial charge in [-0.2, -0.15) is 9.69 Å².